The van der Waals surface area contributed by atoms with Crippen molar-refractivity contribution in [2.75, 3.05) is 34.2 Å². The number of rotatable bonds is 4. The third-order valence-electron chi connectivity index (χ3n) is 2.37. The standard InChI is InChI=1S/C13H28N4O2/c1-10(8-16-11(14-5)15-6)9-17(7)12(18)19-13(2,3)4/h10H,8-9H2,1-7H3,(H2,14,15,16)/t10-/m1/s1. The Kier molecular flexibility index (Phi) is 7.26. The first-order chi connectivity index (χ1) is 8.69. The molecule has 0 aliphatic rings. The number of aliphatic imine (C=N–C) groups is 1. The van der Waals surface area contributed by atoms with Crippen LogP contribution in [0.1, 0.15) is 27.7 Å². The van der Waals surface area contributed by atoms with Crippen LogP contribution in [0.3, 0.4) is 0 Å². The molecule has 0 rings (SSSR count). The lowest BCUT2D eigenvalue weighted by molar-refractivity contribution is 0.0278. The monoisotopic (exact) mass is 272 g/mol. The Balaban J connectivity index is 4.11. The molecule has 0 aromatic heterocycles. The van der Waals surface area contributed by atoms with Crippen LogP contribution in [-0.4, -0.2) is 56.8 Å². The first-order valence-electron chi connectivity index (χ1n) is 6.52. The van der Waals surface area contributed by atoms with Gasteiger partial charge in [-0.05, 0) is 26.7 Å². The zero-order valence-electron chi connectivity index (χ0n) is 13.2. The predicted molar refractivity (Wildman–Crippen MR) is 78.4 cm³/mol. The molecule has 0 aromatic carbocycles. The zero-order chi connectivity index (χ0) is 15.1. The number of carbonyl (C=O) groups excluding carboxylic acids is 1. The average molecular weight is 272 g/mol. The molecule has 6 nitrogen and oxygen atoms in total. The van der Waals surface area contributed by atoms with Crippen molar-refractivity contribution in [3.63, 3.8) is 0 Å². The summed E-state index contributed by atoms with van der Waals surface area (Å²) >= 11 is 0. The molecule has 0 saturated carbocycles. The van der Waals surface area contributed by atoms with Crippen LogP contribution in [-0.2, 0) is 4.74 Å². The summed E-state index contributed by atoms with van der Waals surface area (Å²) in [5.41, 5.74) is -0.457. The average Bonchev–Trinajstić information content (AvgIpc) is 2.28. The van der Waals surface area contributed by atoms with Crippen molar-refractivity contribution < 1.29 is 9.53 Å². The summed E-state index contributed by atoms with van der Waals surface area (Å²) in [4.78, 5) is 17.4. The topological polar surface area (TPSA) is 66.0 Å². The van der Waals surface area contributed by atoms with Gasteiger partial charge in [0.05, 0.1) is 0 Å². The lowest BCUT2D eigenvalue weighted by Crippen LogP contribution is -2.41. The van der Waals surface area contributed by atoms with Gasteiger partial charge in [-0.15, -0.1) is 0 Å². The molecule has 19 heavy (non-hydrogen) atoms. The molecule has 0 aliphatic heterocycles. The van der Waals surface area contributed by atoms with E-state index in [1.165, 1.54) is 0 Å². The van der Waals surface area contributed by atoms with Crippen LogP contribution in [0.25, 0.3) is 0 Å². The smallest absolute Gasteiger partial charge is 0.410 e. The SMILES string of the molecule is CN=C(NC)NC[C@@H](C)CN(C)C(=O)OC(C)(C)C. The fourth-order valence-corrected chi connectivity index (χ4v) is 1.50. The first kappa shape index (κ1) is 17.5. The van der Waals surface area contributed by atoms with Gasteiger partial charge >= 0.3 is 6.09 Å². The quantitative estimate of drug-likeness (QED) is 0.598. The van der Waals surface area contributed by atoms with Crippen molar-refractivity contribution in [2.24, 2.45) is 10.9 Å². The molecular weight excluding hydrogens is 244 g/mol. The maximum absolute atomic E-state index is 11.8. The molecule has 0 fully saturated rings. The second-order valence-corrected chi connectivity index (χ2v) is 5.67. The molecule has 2 N–H and O–H groups in total. The number of guanidine groups is 1. The minimum atomic E-state index is -0.457. The van der Waals surface area contributed by atoms with E-state index in [4.69, 9.17) is 4.74 Å². The van der Waals surface area contributed by atoms with Gasteiger partial charge in [0.2, 0.25) is 0 Å². The Bertz CT molecular complexity index is 310. The highest BCUT2D eigenvalue weighted by Crippen LogP contribution is 2.09. The van der Waals surface area contributed by atoms with Crippen molar-refractivity contribution in [3.05, 3.63) is 0 Å². The lowest BCUT2D eigenvalue weighted by atomic mass is 10.1. The van der Waals surface area contributed by atoms with Gasteiger partial charge in [0.25, 0.3) is 0 Å². The van der Waals surface area contributed by atoms with Crippen LogP contribution in [0, 0.1) is 5.92 Å². The Hall–Kier alpha value is -1.46. The summed E-state index contributed by atoms with van der Waals surface area (Å²) in [7, 11) is 5.28. The van der Waals surface area contributed by atoms with Crippen LogP contribution in [0.4, 0.5) is 4.79 Å². The molecule has 0 spiro atoms. The molecule has 0 aliphatic carbocycles. The van der Waals surface area contributed by atoms with Gasteiger partial charge in [-0.1, -0.05) is 6.92 Å². The van der Waals surface area contributed by atoms with E-state index in [9.17, 15) is 4.79 Å². The number of hydrogen-bond donors (Lipinski definition) is 2. The highest BCUT2D eigenvalue weighted by molar-refractivity contribution is 5.79. The summed E-state index contributed by atoms with van der Waals surface area (Å²) in [6.45, 7) is 9.02. The van der Waals surface area contributed by atoms with E-state index in [0.717, 1.165) is 12.5 Å². The van der Waals surface area contributed by atoms with Gasteiger partial charge in [-0.25, -0.2) is 4.79 Å². The van der Waals surface area contributed by atoms with Gasteiger partial charge in [-0.2, -0.15) is 0 Å². The molecule has 112 valence electrons. The van der Waals surface area contributed by atoms with Gasteiger partial charge in [0, 0.05) is 34.2 Å². The van der Waals surface area contributed by atoms with E-state index in [1.54, 1.807) is 19.0 Å². The van der Waals surface area contributed by atoms with Crippen molar-refractivity contribution in [1.29, 1.82) is 0 Å². The highest BCUT2D eigenvalue weighted by atomic mass is 16.6. The van der Waals surface area contributed by atoms with Crippen LogP contribution in [0.2, 0.25) is 0 Å². The van der Waals surface area contributed by atoms with Crippen molar-refractivity contribution in [1.82, 2.24) is 15.5 Å². The molecule has 0 radical (unpaired) electrons. The summed E-state index contributed by atoms with van der Waals surface area (Å²) in [5, 5.41) is 6.12. The van der Waals surface area contributed by atoms with Gasteiger partial charge < -0.3 is 20.3 Å². The predicted octanol–water partition coefficient (Wildman–Crippen LogP) is 1.28. The summed E-state index contributed by atoms with van der Waals surface area (Å²) in [5.74, 6) is 1.04. The number of hydrogen-bond acceptors (Lipinski definition) is 3. The van der Waals surface area contributed by atoms with Crippen molar-refractivity contribution in [3.8, 4) is 0 Å². The lowest BCUT2D eigenvalue weighted by Gasteiger charge is -2.26. The number of ether oxygens (including phenoxy) is 1. The normalized spacial score (nSPS) is 13.7. The molecule has 0 heterocycles. The minimum absolute atomic E-state index is 0.294. The zero-order valence-corrected chi connectivity index (χ0v) is 13.2. The summed E-state index contributed by atoms with van der Waals surface area (Å²) < 4.78 is 5.30. The molecule has 0 unspecified atom stereocenters. The molecule has 1 atom stereocenters. The Labute approximate surface area is 116 Å². The van der Waals surface area contributed by atoms with Gasteiger partial charge in [0.15, 0.2) is 5.96 Å². The molecule has 6 heteroatoms. The fraction of sp³-hybridized carbons (Fsp3) is 0.846. The second kappa shape index (κ2) is 7.86. The van der Waals surface area contributed by atoms with Crippen molar-refractivity contribution in [2.45, 2.75) is 33.3 Å². The highest BCUT2D eigenvalue weighted by Gasteiger charge is 2.20. The molecule has 0 aromatic rings. The first-order valence-corrected chi connectivity index (χ1v) is 6.52. The molecular formula is C13H28N4O2. The molecule has 1 amide bonds. The number of carbonyl (C=O) groups is 1. The van der Waals surface area contributed by atoms with Crippen LogP contribution in [0.5, 0.6) is 0 Å². The third kappa shape index (κ3) is 8.29. The maximum atomic E-state index is 11.8. The number of nitrogens with one attached hydrogen (secondary N) is 2. The maximum Gasteiger partial charge on any atom is 0.410 e. The molecule has 0 saturated heterocycles. The van der Waals surface area contributed by atoms with Gasteiger partial charge in [0.1, 0.15) is 5.60 Å². The second-order valence-electron chi connectivity index (χ2n) is 5.67. The van der Waals surface area contributed by atoms with Crippen LogP contribution >= 0.6 is 0 Å². The Morgan fingerprint density at radius 2 is 2.00 bits per heavy atom. The molecule has 0 bridgehead atoms. The minimum Gasteiger partial charge on any atom is -0.444 e. The van der Waals surface area contributed by atoms with E-state index in [1.807, 2.05) is 27.8 Å². The van der Waals surface area contributed by atoms with Gasteiger partial charge in [-0.3, -0.25) is 4.99 Å². The van der Waals surface area contributed by atoms with Crippen LogP contribution in [0.15, 0.2) is 4.99 Å². The summed E-state index contributed by atoms with van der Waals surface area (Å²) in [6, 6.07) is 0. The van der Waals surface area contributed by atoms with E-state index in [-0.39, 0.29) is 6.09 Å². The Morgan fingerprint density at radius 3 is 2.42 bits per heavy atom. The van der Waals surface area contributed by atoms with E-state index >= 15 is 0 Å². The summed E-state index contributed by atoms with van der Waals surface area (Å²) in [6.07, 6.45) is -0.294. The number of nitrogens with zero attached hydrogens (tertiary/aromatic N) is 2. The van der Waals surface area contributed by atoms with E-state index in [2.05, 4.69) is 22.5 Å². The van der Waals surface area contributed by atoms with Crippen LogP contribution < -0.4 is 10.6 Å². The largest absolute Gasteiger partial charge is 0.444 e. The third-order valence-corrected chi connectivity index (χ3v) is 2.37. The number of amides is 1. The Morgan fingerprint density at radius 1 is 1.42 bits per heavy atom. The van der Waals surface area contributed by atoms with Crippen molar-refractivity contribution >= 4 is 12.1 Å². The van der Waals surface area contributed by atoms with E-state index in [0.29, 0.717) is 12.5 Å². The fourth-order valence-electron chi connectivity index (χ4n) is 1.50. The van der Waals surface area contributed by atoms with E-state index < -0.39 is 5.60 Å².